The van der Waals surface area contributed by atoms with Crippen molar-refractivity contribution < 1.29 is 38.1 Å². The molecule has 0 atom stereocenters. The lowest BCUT2D eigenvalue weighted by molar-refractivity contribution is 0.0447. The van der Waals surface area contributed by atoms with Gasteiger partial charge in [-0.2, -0.15) is 0 Å². The van der Waals surface area contributed by atoms with Gasteiger partial charge in [0.15, 0.2) is 0 Å². The summed E-state index contributed by atoms with van der Waals surface area (Å²) in [5.41, 5.74) is 6.68. The van der Waals surface area contributed by atoms with E-state index in [0.717, 1.165) is 11.3 Å². The molecule has 164 valence electrons. The molecular formula is C20H20N2O8S. The molecular weight excluding hydrogens is 428 g/mol. The van der Waals surface area contributed by atoms with Crippen molar-refractivity contribution in [1.29, 1.82) is 0 Å². The monoisotopic (exact) mass is 448 g/mol. The second-order valence-electron chi connectivity index (χ2n) is 6.19. The van der Waals surface area contributed by atoms with Gasteiger partial charge < -0.3 is 34.4 Å². The number of H-pyrrole nitrogens is 1. The molecule has 0 aliphatic rings. The number of ether oxygens (including phenoxy) is 5. The molecule has 0 saturated carbocycles. The van der Waals surface area contributed by atoms with Crippen molar-refractivity contribution in [2.24, 2.45) is 0 Å². The van der Waals surface area contributed by atoms with E-state index in [-0.39, 0.29) is 26.7 Å². The van der Waals surface area contributed by atoms with Crippen molar-refractivity contribution in [3.8, 4) is 11.5 Å². The van der Waals surface area contributed by atoms with Crippen molar-refractivity contribution >= 4 is 45.1 Å². The maximum absolute atomic E-state index is 12.7. The van der Waals surface area contributed by atoms with Gasteiger partial charge in [-0.1, -0.05) is 0 Å². The van der Waals surface area contributed by atoms with Crippen molar-refractivity contribution in [3.05, 3.63) is 39.9 Å². The molecule has 0 aliphatic carbocycles. The quantitative estimate of drug-likeness (QED) is 0.412. The minimum atomic E-state index is -0.752. The molecule has 2 aromatic heterocycles. The third-order valence-corrected chi connectivity index (χ3v) is 5.52. The first kappa shape index (κ1) is 22.0. The minimum Gasteiger partial charge on any atom is -0.497 e. The van der Waals surface area contributed by atoms with Gasteiger partial charge in [-0.05, 0) is 12.1 Å². The molecule has 31 heavy (non-hydrogen) atoms. The second-order valence-corrected chi connectivity index (χ2v) is 7.24. The zero-order chi connectivity index (χ0) is 22.7. The van der Waals surface area contributed by atoms with E-state index in [9.17, 15) is 14.4 Å². The molecule has 0 unspecified atom stereocenters. The number of thiophene rings is 1. The number of rotatable bonds is 7. The molecule has 3 N–H and O–H groups in total. The summed E-state index contributed by atoms with van der Waals surface area (Å²) >= 11 is 0.851. The van der Waals surface area contributed by atoms with E-state index in [1.54, 1.807) is 18.2 Å². The number of esters is 3. The molecule has 0 saturated heterocycles. The number of anilines is 1. The van der Waals surface area contributed by atoms with E-state index in [2.05, 4.69) is 4.98 Å². The predicted molar refractivity (Wildman–Crippen MR) is 112 cm³/mol. The zero-order valence-electron chi connectivity index (χ0n) is 17.2. The van der Waals surface area contributed by atoms with Crippen molar-refractivity contribution in [3.63, 3.8) is 0 Å². The van der Waals surface area contributed by atoms with Gasteiger partial charge in [0.1, 0.15) is 39.2 Å². The van der Waals surface area contributed by atoms with Crippen LogP contribution < -0.4 is 15.2 Å². The van der Waals surface area contributed by atoms with Gasteiger partial charge in [0, 0.05) is 17.0 Å². The molecule has 0 aliphatic heterocycles. The minimum absolute atomic E-state index is 0.0382. The average molecular weight is 448 g/mol. The van der Waals surface area contributed by atoms with Gasteiger partial charge in [0.05, 0.1) is 34.0 Å². The Kier molecular flexibility index (Phi) is 6.35. The van der Waals surface area contributed by atoms with Gasteiger partial charge in [-0.15, -0.1) is 11.3 Å². The molecule has 0 radical (unpaired) electrons. The van der Waals surface area contributed by atoms with Crippen LogP contribution in [0.15, 0.2) is 18.2 Å². The summed E-state index contributed by atoms with van der Waals surface area (Å²) in [7, 11) is 5.39. The maximum atomic E-state index is 12.7. The summed E-state index contributed by atoms with van der Waals surface area (Å²) < 4.78 is 25.4. The topological polar surface area (TPSA) is 139 Å². The van der Waals surface area contributed by atoms with Crippen LogP contribution in [-0.4, -0.2) is 51.3 Å². The van der Waals surface area contributed by atoms with Crippen molar-refractivity contribution in [1.82, 2.24) is 4.98 Å². The van der Waals surface area contributed by atoms with Gasteiger partial charge in [-0.25, -0.2) is 14.4 Å². The molecule has 1 aromatic carbocycles. The van der Waals surface area contributed by atoms with E-state index in [0.29, 0.717) is 22.4 Å². The normalized spacial score (nSPS) is 10.6. The van der Waals surface area contributed by atoms with Gasteiger partial charge in [0.2, 0.25) is 0 Å². The molecule has 0 bridgehead atoms. The SMILES string of the molecule is COC(=O)c1sc(N)c(C(=O)OC)c1COC(=O)c1cc2cc(OC)cc(OC)c2[nH]1. The van der Waals surface area contributed by atoms with E-state index >= 15 is 0 Å². The Morgan fingerprint density at radius 2 is 1.68 bits per heavy atom. The fraction of sp³-hybridized carbons (Fsp3) is 0.250. The highest BCUT2D eigenvalue weighted by molar-refractivity contribution is 7.18. The van der Waals surface area contributed by atoms with Gasteiger partial charge in [-0.3, -0.25) is 0 Å². The molecule has 0 amide bonds. The Bertz CT molecular complexity index is 1160. The summed E-state index contributed by atoms with van der Waals surface area (Å²) in [5, 5.41) is 0.731. The van der Waals surface area contributed by atoms with Crippen LogP contribution in [-0.2, 0) is 20.8 Å². The Morgan fingerprint density at radius 1 is 0.968 bits per heavy atom. The number of methoxy groups -OCH3 is 4. The van der Waals surface area contributed by atoms with Crippen LogP contribution in [0.25, 0.3) is 10.9 Å². The Hall–Kier alpha value is -3.73. The molecule has 2 heterocycles. The van der Waals surface area contributed by atoms with Gasteiger partial charge >= 0.3 is 17.9 Å². The number of aromatic nitrogens is 1. The summed E-state index contributed by atoms with van der Waals surface area (Å²) in [4.78, 5) is 39.9. The lowest BCUT2D eigenvalue weighted by atomic mass is 10.1. The molecule has 3 aromatic rings. The number of fused-ring (bicyclic) bond motifs is 1. The molecule has 0 fully saturated rings. The highest BCUT2D eigenvalue weighted by Gasteiger charge is 2.28. The second kappa shape index (κ2) is 8.96. The fourth-order valence-corrected chi connectivity index (χ4v) is 3.97. The van der Waals surface area contributed by atoms with Gasteiger partial charge in [0.25, 0.3) is 0 Å². The van der Waals surface area contributed by atoms with E-state index in [1.165, 1.54) is 28.4 Å². The van der Waals surface area contributed by atoms with E-state index < -0.39 is 24.5 Å². The number of nitrogen functional groups attached to an aromatic ring is 1. The third-order valence-electron chi connectivity index (χ3n) is 4.48. The average Bonchev–Trinajstić information content (AvgIpc) is 3.36. The number of hydrogen-bond acceptors (Lipinski definition) is 10. The van der Waals surface area contributed by atoms with Crippen LogP contribution in [0, 0.1) is 0 Å². The number of benzene rings is 1. The van der Waals surface area contributed by atoms with Crippen LogP contribution in [0.3, 0.4) is 0 Å². The smallest absolute Gasteiger partial charge is 0.355 e. The van der Waals surface area contributed by atoms with Crippen LogP contribution in [0.5, 0.6) is 11.5 Å². The number of hydrogen-bond donors (Lipinski definition) is 2. The number of carbonyl (C=O) groups is 3. The first-order chi connectivity index (χ1) is 14.8. The highest BCUT2D eigenvalue weighted by atomic mass is 32.1. The highest BCUT2D eigenvalue weighted by Crippen LogP contribution is 2.34. The number of aromatic amines is 1. The molecule has 10 nitrogen and oxygen atoms in total. The summed E-state index contributed by atoms with van der Waals surface area (Å²) in [6, 6.07) is 4.98. The zero-order valence-corrected chi connectivity index (χ0v) is 18.0. The molecule has 3 rings (SSSR count). The lowest BCUT2D eigenvalue weighted by Gasteiger charge is -2.07. The first-order valence-corrected chi connectivity index (χ1v) is 9.65. The van der Waals surface area contributed by atoms with Crippen LogP contribution in [0.4, 0.5) is 5.00 Å². The Balaban J connectivity index is 1.92. The van der Waals surface area contributed by atoms with Crippen molar-refractivity contribution in [2.45, 2.75) is 6.61 Å². The largest absolute Gasteiger partial charge is 0.497 e. The summed E-state index contributed by atoms with van der Waals surface area (Å²) in [6.45, 7) is -0.392. The third kappa shape index (κ3) is 4.12. The molecule has 0 spiro atoms. The van der Waals surface area contributed by atoms with E-state index in [1.807, 2.05) is 0 Å². The number of carbonyl (C=O) groups excluding carboxylic acids is 3. The number of nitrogens with one attached hydrogen (secondary N) is 1. The standard InChI is InChI=1S/C20H20N2O8S/c1-26-10-5-9-6-12(22-15(9)13(7-10)27-2)18(23)30-8-11-14(19(24)28-3)17(21)31-16(11)20(25)29-4/h5-7,22H,8,21H2,1-4H3. The Labute approximate surface area is 180 Å². The number of nitrogens with two attached hydrogens (primary N) is 1. The molecule has 11 heteroatoms. The fourth-order valence-electron chi connectivity index (χ4n) is 2.99. The first-order valence-electron chi connectivity index (χ1n) is 8.84. The van der Waals surface area contributed by atoms with E-state index in [4.69, 9.17) is 29.4 Å². The van der Waals surface area contributed by atoms with Crippen molar-refractivity contribution in [2.75, 3.05) is 34.2 Å². The maximum Gasteiger partial charge on any atom is 0.355 e. The van der Waals surface area contributed by atoms with Crippen LogP contribution in [0.1, 0.15) is 36.1 Å². The lowest BCUT2D eigenvalue weighted by Crippen LogP contribution is -2.13. The predicted octanol–water partition coefficient (Wildman–Crippen LogP) is 2.76. The summed E-state index contributed by atoms with van der Waals surface area (Å²) in [6.07, 6.45) is 0. The summed E-state index contributed by atoms with van der Waals surface area (Å²) in [5.74, 6) is -1.13. The van der Waals surface area contributed by atoms with Crippen LogP contribution in [0.2, 0.25) is 0 Å². The Morgan fingerprint density at radius 3 is 2.29 bits per heavy atom. The van der Waals surface area contributed by atoms with Crippen LogP contribution >= 0.6 is 11.3 Å².